The fourth-order valence-corrected chi connectivity index (χ4v) is 2.93. The van der Waals surface area contributed by atoms with Gasteiger partial charge in [-0.2, -0.15) is 0 Å². The van der Waals surface area contributed by atoms with Crippen LogP contribution in [0.3, 0.4) is 0 Å². The quantitative estimate of drug-likeness (QED) is 0.667. The predicted octanol–water partition coefficient (Wildman–Crippen LogP) is 2.74. The second kappa shape index (κ2) is 8.01. The Balaban J connectivity index is 2.16. The molecule has 0 unspecified atom stereocenters. The van der Waals surface area contributed by atoms with Gasteiger partial charge in [0, 0.05) is 24.8 Å². The number of esters is 1. The summed E-state index contributed by atoms with van der Waals surface area (Å²) >= 11 is 0. The van der Waals surface area contributed by atoms with Gasteiger partial charge in [0.05, 0.1) is 25.0 Å². The van der Waals surface area contributed by atoms with E-state index in [9.17, 15) is 14.7 Å². The van der Waals surface area contributed by atoms with Crippen LogP contribution in [0.5, 0.6) is 5.75 Å². The first kappa shape index (κ1) is 18.6. The number of carbonyl (C=O) groups is 1. The molecule has 0 aliphatic heterocycles. The van der Waals surface area contributed by atoms with Gasteiger partial charge in [0.2, 0.25) is 11.2 Å². The van der Waals surface area contributed by atoms with Crippen molar-refractivity contribution in [3.05, 3.63) is 69.9 Å². The van der Waals surface area contributed by atoms with Gasteiger partial charge in [0.15, 0.2) is 5.76 Å². The maximum Gasteiger partial charge on any atom is 0.306 e. The van der Waals surface area contributed by atoms with Crippen LogP contribution >= 0.6 is 0 Å². The highest BCUT2D eigenvalue weighted by Crippen LogP contribution is 2.34. The molecule has 0 aliphatic carbocycles. The Kier molecular flexibility index (Phi) is 5.52. The number of aromatic nitrogens is 1. The van der Waals surface area contributed by atoms with Crippen molar-refractivity contribution >= 4 is 16.9 Å². The molecule has 1 atom stereocenters. The van der Waals surface area contributed by atoms with E-state index in [2.05, 4.69) is 4.98 Å². The molecule has 0 spiro atoms. The van der Waals surface area contributed by atoms with Crippen LogP contribution in [-0.4, -0.2) is 30.3 Å². The van der Waals surface area contributed by atoms with Crippen molar-refractivity contribution in [2.75, 3.05) is 14.2 Å². The molecule has 1 aromatic carbocycles. The number of pyridine rings is 1. The van der Waals surface area contributed by atoms with Gasteiger partial charge in [-0.15, -0.1) is 0 Å². The van der Waals surface area contributed by atoms with E-state index in [0.717, 1.165) is 10.9 Å². The molecule has 0 aliphatic rings. The molecule has 2 heterocycles. The predicted molar refractivity (Wildman–Crippen MR) is 97.6 cm³/mol. The minimum absolute atomic E-state index is 0.00295. The number of ether oxygens (including phenoxy) is 2. The van der Waals surface area contributed by atoms with Gasteiger partial charge in [0.25, 0.3) is 0 Å². The van der Waals surface area contributed by atoms with Gasteiger partial charge in [-0.3, -0.25) is 14.6 Å². The van der Waals surface area contributed by atoms with Crippen LogP contribution in [0.15, 0.2) is 51.8 Å². The normalized spacial score (nSPS) is 12.1. The molecule has 3 rings (SSSR count). The largest absolute Gasteiger partial charge is 0.502 e. The Morgan fingerprint density at radius 3 is 2.81 bits per heavy atom. The van der Waals surface area contributed by atoms with Crippen LogP contribution in [0, 0.1) is 0 Å². The van der Waals surface area contributed by atoms with Crippen molar-refractivity contribution in [2.45, 2.75) is 18.9 Å². The molecule has 0 fully saturated rings. The van der Waals surface area contributed by atoms with Crippen LogP contribution in [0.25, 0.3) is 10.9 Å². The molecule has 0 saturated carbocycles. The summed E-state index contributed by atoms with van der Waals surface area (Å²) in [7, 11) is 2.75. The second-order valence-corrected chi connectivity index (χ2v) is 6.01. The van der Waals surface area contributed by atoms with Gasteiger partial charge in [0.1, 0.15) is 12.4 Å². The fourth-order valence-electron chi connectivity index (χ4n) is 2.93. The summed E-state index contributed by atoms with van der Waals surface area (Å²) < 4.78 is 15.5. The summed E-state index contributed by atoms with van der Waals surface area (Å²) in [5, 5.41) is 11.2. The number of carbonyl (C=O) groups excluding carboxylic acids is 1. The SMILES string of the molecule is COCc1cc(=O)c(O)c([C@H](CC(=O)OC)c2ccc3ncccc3c2)o1. The van der Waals surface area contributed by atoms with Crippen molar-refractivity contribution in [1.29, 1.82) is 0 Å². The van der Waals surface area contributed by atoms with Gasteiger partial charge in [-0.05, 0) is 23.8 Å². The fraction of sp³-hybridized carbons (Fsp3) is 0.250. The van der Waals surface area contributed by atoms with E-state index in [1.54, 1.807) is 18.3 Å². The highest BCUT2D eigenvalue weighted by atomic mass is 16.5. The number of fused-ring (bicyclic) bond motifs is 1. The van der Waals surface area contributed by atoms with Gasteiger partial charge >= 0.3 is 5.97 Å². The average molecular weight is 369 g/mol. The average Bonchev–Trinajstić information content (AvgIpc) is 2.68. The zero-order valence-corrected chi connectivity index (χ0v) is 15.0. The summed E-state index contributed by atoms with van der Waals surface area (Å²) in [6, 6.07) is 10.3. The lowest BCUT2D eigenvalue weighted by molar-refractivity contribution is -0.140. The third-order valence-electron chi connectivity index (χ3n) is 4.23. The number of hydrogen-bond acceptors (Lipinski definition) is 7. The smallest absolute Gasteiger partial charge is 0.306 e. The molecule has 1 N–H and O–H groups in total. The first-order valence-corrected chi connectivity index (χ1v) is 8.29. The van der Waals surface area contributed by atoms with Crippen molar-refractivity contribution < 1.29 is 23.8 Å². The van der Waals surface area contributed by atoms with E-state index >= 15 is 0 Å². The van der Waals surface area contributed by atoms with E-state index < -0.39 is 23.1 Å². The minimum atomic E-state index is -0.702. The Hall–Kier alpha value is -3.19. The van der Waals surface area contributed by atoms with E-state index in [1.807, 2.05) is 18.2 Å². The van der Waals surface area contributed by atoms with E-state index in [-0.39, 0.29) is 24.5 Å². The van der Waals surface area contributed by atoms with E-state index in [4.69, 9.17) is 13.9 Å². The molecule has 0 radical (unpaired) electrons. The zero-order valence-electron chi connectivity index (χ0n) is 15.0. The van der Waals surface area contributed by atoms with Crippen molar-refractivity contribution in [3.63, 3.8) is 0 Å². The minimum Gasteiger partial charge on any atom is -0.502 e. The van der Waals surface area contributed by atoms with Gasteiger partial charge in [-0.25, -0.2) is 0 Å². The Labute approximate surface area is 155 Å². The number of methoxy groups -OCH3 is 2. The third kappa shape index (κ3) is 3.98. The lowest BCUT2D eigenvalue weighted by Crippen LogP contribution is -2.14. The van der Waals surface area contributed by atoms with Crippen molar-refractivity contribution in [3.8, 4) is 5.75 Å². The van der Waals surface area contributed by atoms with Crippen molar-refractivity contribution in [2.24, 2.45) is 0 Å². The second-order valence-electron chi connectivity index (χ2n) is 6.01. The zero-order chi connectivity index (χ0) is 19.4. The third-order valence-corrected chi connectivity index (χ3v) is 4.23. The summed E-state index contributed by atoms with van der Waals surface area (Å²) in [5.41, 5.74) is 0.881. The molecule has 27 heavy (non-hydrogen) atoms. The molecule has 0 saturated heterocycles. The maximum atomic E-state index is 12.1. The first-order chi connectivity index (χ1) is 13.0. The Morgan fingerprint density at radius 1 is 1.26 bits per heavy atom. The highest BCUT2D eigenvalue weighted by molar-refractivity contribution is 5.80. The monoisotopic (exact) mass is 369 g/mol. The topological polar surface area (TPSA) is 98.9 Å². The summed E-state index contributed by atoms with van der Waals surface area (Å²) in [6.07, 6.45) is 1.59. The van der Waals surface area contributed by atoms with Crippen LogP contribution in [0.1, 0.15) is 29.4 Å². The molecule has 0 amide bonds. The van der Waals surface area contributed by atoms with Crippen LogP contribution in [-0.2, 0) is 20.9 Å². The summed E-state index contributed by atoms with van der Waals surface area (Å²) in [4.78, 5) is 28.4. The molecule has 140 valence electrons. The summed E-state index contributed by atoms with van der Waals surface area (Å²) in [5.74, 6) is -1.47. The molecular weight excluding hydrogens is 350 g/mol. The molecular formula is C20H19NO6. The molecule has 7 nitrogen and oxygen atoms in total. The van der Waals surface area contributed by atoms with E-state index in [0.29, 0.717) is 5.56 Å². The highest BCUT2D eigenvalue weighted by Gasteiger charge is 2.26. The number of hydrogen-bond donors (Lipinski definition) is 1. The molecule has 3 aromatic rings. The number of rotatable bonds is 6. The molecule has 0 bridgehead atoms. The summed E-state index contributed by atoms with van der Waals surface area (Å²) in [6.45, 7) is 0.0646. The van der Waals surface area contributed by atoms with Crippen LogP contribution in [0.4, 0.5) is 0 Å². The first-order valence-electron chi connectivity index (χ1n) is 8.29. The van der Waals surface area contributed by atoms with Crippen molar-refractivity contribution in [1.82, 2.24) is 4.98 Å². The van der Waals surface area contributed by atoms with Crippen LogP contribution < -0.4 is 5.43 Å². The Morgan fingerprint density at radius 2 is 2.07 bits per heavy atom. The van der Waals surface area contributed by atoms with Gasteiger partial charge < -0.3 is 19.0 Å². The lowest BCUT2D eigenvalue weighted by atomic mass is 9.91. The lowest BCUT2D eigenvalue weighted by Gasteiger charge is -2.18. The Bertz CT molecular complexity index is 1030. The van der Waals surface area contributed by atoms with E-state index in [1.165, 1.54) is 20.3 Å². The number of nitrogens with zero attached hydrogens (tertiary/aromatic N) is 1. The number of aromatic hydroxyl groups is 1. The molecule has 2 aromatic heterocycles. The van der Waals surface area contributed by atoms with Gasteiger partial charge in [-0.1, -0.05) is 12.1 Å². The maximum absolute atomic E-state index is 12.1. The van der Waals surface area contributed by atoms with Crippen LogP contribution in [0.2, 0.25) is 0 Å². The molecule has 7 heteroatoms. The number of benzene rings is 1. The standard InChI is InChI=1S/C20H19NO6/c1-25-11-14-9-17(22)19(24)20(27-14)15(10-18(23)26-2)12-5-6-16-13(8-12)4-3-7-21-16/h3-9,15,24H,10-11H2,1-2H3/t15-/m1/s1.